The summed E-state index contributed by atoms with van der Waals surface area (Å²) in [7, 11) is 0. The second-order valence-electron chi connectivity index (χ2n) is 6.67. The maximum absolute atomic E-state index is 12.2. The van der Waals surface area contributed by atoms with Crippen LogP contribution in [0.5, 0.6) is 0 Å². The Kier molecular flexibility index (Phi) is 3.65. The fraction of sp³-hybridized carbons (Fsp3) is 0.444. The van der Waals surface area contributed by atoms with Gasteiger partial charge in [-0.15, -0.1) is 0 Å². The van der Waals surface area contributed by atoms with Gasteiger partial charge in [-0.1, -0.05) is 30.3 Å². The maximum atomic E-state index is 12.2. The third-order valence-corrected chi connectivity index (χ3v) is 4.90. The average molecular weight is 310 g/mol. The minimum Gasteiger partial charge on any atom is -0.344 e. The van der Waals surface area contributed by atoms with Crippen LogP contribution < -0.4 is 5.32 Å². The van der Waals surface area contributed by atoms with Crippen LogP contribution in [0, 0.1) is 0 Å². The summed E-state index contributed by atoms with van der Waals surface area (Å²) in [6, 6.07) is 11.1. The molecule has 1 saturated carbocycles. The number of nitrogens with zero attached hydrogens (tertiary/aromatic N) is 2. The molecule has 0 bridgehead atoms. The molecule has 1 amide bonds. The van der Waals surface area contributed by atoms with E-state index >= 15 is 0 Å². The van der Waals surface area contributed by atoms with Crippen molar-refractivity contribution in [3.05, 3.63) is 53.6 Å². The number of aromatic amines is 1. The quantitative estimate of drug-likeness (QED) is 0.892. The molecule has 0 unspecified atom stereocenters. The molecule has 0 spiro atoms. The van der Waals surface area contributed by atoms with Crippen molar-refractivity contribution in [3.63, 3.8) is 0 Å². The summed E-state index contributed by atoms with van der Waals surface area (Å²) >= 11 is 0. The summed E-state index contributed by atoms with van der Waals surface area (Å²) in [6.07, 6.45) is 4.22. The molecule has 2 N–H and O–H groups in total. The lowest BCUT2D eigenvalue weighted by atomic mass is 10.0. The van der Waals surface area contributed by atoms with Crippen molar-refractivity contribution in [2.75, 3.05) is 13.1 Å². The predicted octanol–water partition coefficient (Wildman–Crippen LogP) is 2.46. The van der Waals surface area contributed by atoms with E-state index in [-0.39, 0.29) is 11.9 Å². The zero-order valence-electron chi connectivity index (χ0n) is 13.3. The molecule has 2 fully saturated rings. The molecule has 1 atom stereocenters. The lowest BCUT2D eigenvalue weighted by Crippen LogP contribution is -2.59. The number of carbonyl (C=O) groups excluding carboxylic acids is 1. The Morgan fingerprint density at radius 1 is 1.30 bits per heavy atom. The van der Waals surface area contributed by atoms with Gasteiger partial charge in [-0.25, -0.2) is 4.98 Å². The molecule has 1 aliphatic heterocycles. The van der Waals surface area contributed by atoms with E-state index in [0.717, 1.165) is 18.8 Å². The summed E-state index contributed by atoms with van der Waals surface area (Å²) in [6.45, 7) is 3.98. The number of aromatic nitrogens is 2. The molecule has 2 aliphatic rings. The number of benzene rings is 1. The van der Waals surface area contributed by atoms with E-state index < -0.39 is 0 Å². The van der Waals surface area contributed by atoms with Crippen molar-refractivity contribution in [1.29, 1.82) is 0 Å². The van der Waals surface area contributed by atoms with Crippen LogP contribution in [-0.4, -0.2) is 39.9 Å². The first-order valence-corrected chi connectivity index (χ1v) is 8.35. The standard InChI is InChI=1S/C18H22N4O/c1-12(13-5-3-2-4-6-13)22-10-15(11-22)20-18(23)17-19-9-16(21-17)14-7-8-14/h2-6,9,12,14-15H,7-8,10-11H2,1H3,(H,19,21)(H,20,23)/t12-/m0/s1. The van der Waals surface area contributed by atoms with Gasteiger partial charge < -0.3 is 10.3 Å². The molecule has 1 aliphatic carbocycles. The van der Waals surface area contributed by atoms with Gasteiger partial charge in [0.05, 0.1) is 6.04 Å². The average Bonchev–Trinajstić information content (AvgIpc) is 3.27. The van der Waals surface area contributed by atoms with Gasteiger partial charge in [0.15, 0.2) is 5.82 Å². The highest BCUT2D eigenvalue weighted by molar-refractivity contribution is 5.90. The van der Waals surface area contributed by atoms with E-state index in [9.17, 15) is 4.79 Å². The molecular weight excluding hydrogens is 288 g/mol. The summed E-state index contributed by atoms with van der Waals surface area (Å²) in [5, 5.41) is 3.07. The Morgan fingerprint density at radius 2 is 2.04 bits per heavy atom. The van der Waals surface area contributed by atoms with Crippen LogP contribution in [0.15, 0.2) is 36.5 Å². The summed E-state index contributed by atoms with van der Waals surface area (Å²) in [5.41, 5.74) is 2.42. The number of rotatable bonds is 5. The largest absolute Gasteiger partial charge is 0.344 e. The van der Waals surface area contributed by atoms with Crippen LogP contribution in [0.4, 0.5) is 0 Å². The number of likely N-dealkylation sites (tertiary alicyclic amines) is 1. The molecular formula is C18H22N4O. The molecule has 1 aromatic heterocycles. The van der Waals surface area contributed by atoms with Gasteiger partial charge in [0.2, 0.25) is 0 Å². The first kappa shape index (κ1) is 14.5. The van der Waals surface area contributed by atoms with Gasteiger partial charge in [0, 0.05) is 36.9 Å². The van der Waals surface area contributed by atoms with Crippen LogP contribution in [0.1, 0.15) is 53.6 Å². The summed E-state index contributed by atoms with van der Waals surface area (Å²) in [5.74, 6) is 0.949. The zero-order chi connectivity index (χ0) is 15.8. The summed E-state index contributed by atoms with van der Waals surface area (Å²) < 4.78 is 0. The van der Waals surface area contributed by atoms with Crippen molar-refractivity contribution in [1.82, 2.24) is 20.2 Å². The molecule has 1 saturated heterocycles. The molecule has 2 heterocycles. The summed E-state index contributed by atoms with van der Waals surface area (Å²) in [4.78, 5) is 22.0. The Balaban J connectivity index is 1.29. The number of hydrogen-bond donors (Lipinski definition) is 2. The highest BCUT2D eigenvalue weighted by Crippen LogP contribution is 2.38. The molecule has 23 heavy (non-hydrogen) atoms. The van der Waals surface area contributed by atoms with Crippen molar-refractivity contribution in [2.24, 2.45) is 0 Å². The predicted molar refractivity (Wildman–Crippen MR) is 88.2 cm³/mol. The first-order valence-electron chi connectivity index (χ1n) is 8.35. The lowest BCUT2D eigenvalue weighted by molar-refractivity contribution is 0.0669. The normalized spacial score (nSPS) is 20.0. The van der Waals surface area contributed by atoms with Crippen LogP contribution >= 0.6 is 0 Å². The van der Waals surface area contributed by atoms with Crippen LogP contribution in [0.3, 0.4) is 0 Å². The number of carbonyl (C=O) groups is 1. The van der Waals surface area contributed by atoms with E-state index in [1.165, 1.54) is 18.4 Å². The maximum Gasteiger partial charge on any atom is 0.287 e. The third-order valence-electron chi connectivity index (χ3n) is 4.90. The Labute approximate surface area is 136 Å². The van der Waals surface area contributed by atoms with E-state index in [1.807, 2.05) is 6.07 Å². The smallest absolute Gasteiger partial charge is 0.287 e. The SMILES string of the molecule is C[C@@H](c1ccccc1)N1CC(NC(=O)c2ncc(C3CC3)[nH]2)C1. The minimum absolute atomic E-state index is 0.0890. The fourth-order valence-corrected chi connectivity index (χ4v) is 3.17. The number of amides is 1. The minimum atomic E-state index is -0.0890. The molecule has 1 aromatic carbocycles. The van der Waals surface area contributed by atoms with Gasteiger partial charge in [0.1, 0.15) is 0 Å². The lowest BCUT2D eigenvalue weighted by Gasteiger charge is -2.43. The van der Waals surface area contributed by atoms with Crippen molar-refractivity contribution < 1.29 is 4.79 Å². The Hall–Kier alpha value is -2.14. The van der Waals surface area contributed by atoms with Gasteiger partial charge >= 0.3 is 0 Å². The van der Waals surface area contributed by atoms with Gasteiger partial charge in [-0.3, -0.25) is 9.69 Å². The topological polar surface area (TPSA) is 61.0 Å². The van der Waals surface area contributed by atoms with Gasteiger partial charge in [-0.2, -0.15) is 0 Å². The molecule has 2 aromatic rings. The number of nitrogens with one attached hydrogen (secondary N) is 2. The van der Waals surface area contributed by atoms with Crippen LogP contribution in [0.25, 0.3) is 0 Å². The van der Waals surface area contributed by atoms with Gasteiger partial charge in [-0.05, 0) is 25.3 Å². The van der Waals surface area contributed by atoms with Crippen molar-refractivity contribution >= 4 is 5.91 Å². The van der Waals surface area contributed by atoms with E-state index in [2.05, 4.69) is 51.4 Å². The highest BCUT2D eigenvalue weighted by Gasteiger charge is 2.33. The fourth-order valence-electron chi connectivity index (χ4n) is 3.17. The van der Waals surface area contributed by atoms with E-state index in [0.29, 0.717) is 17.8 Å². The van der Waals surface area contributed by atoms with E-state index in [4.69, 9.17) is 0 Å². The second-order valence-corrected chi connectivity index (χ2v) is 6.67. The molecule has 120 valence electrons. The van der Waals surface area contributed by atoms with Crippen molar-refractivity contribution in [2.45, 2.75) is 37.8 Å². The molecule has 4 rings (SSSR count). The monoisotopic (exact) mass is 310 g/mol. The Bertz CT molecular complexity index is 686. The van der Waals surface area contributed by atoms with Crippen LogP contribution in [-0.2, 0) is 0 Å². The number of imidazole rings is 1. The first-order chi connectivity index (χ1) is 11.2. The molecule has 0 radical (unpaired) electrons. The van der Waals surface area contributed by atoms with E-state index in [1.54, 1.807) is 6.20 Å². The molecule has 5 nitrogen and oxygen atoms in total. The van der Waals surface area contributed by atoms with Gasteiger partial charge in [0.25, 0.3) is 5.91 Å². The number of hydrogen-bond acceptors (Lipinski definition) is 3. The third kappa shape index (κ3) is 3.01. The highest BCUT2D eigenvalue weighted by atomic mass is 16.2. The molecule has 5 heteroatoms. The van der Waals surface area contributed by atoms with Crippen molar-refractivity contribution in [3.8, 4) is 0 Å². The zero-order valence-corrected chi connectivity index (χ0v) is 13.3. The van der Waals surface area contributed by atoms with Crippen LogP contribution in [0.2, 0.25) is 0 Å². The number of H-pyrrole nitrogens is 1. The Morgan fingerprint density at radius 3 is 2.74 bits per heavy atom. The second kappa shape index (κ2) is 5.81.